The molecule has 0 spiro atoms. The van der Waals surface area contributed by atoms with E-state index in [1.54, 1.807) is 19.1 Å². The number of nitrogens with zero attached hydrogens (tertiary/aromatic N) is 1. The van der Waals surface area contributed by atoms with Gasteiger partial charge in [-0.15, -0.1) is 0 Å². The van der Waals surface area contributed by atoms with E-state index in [1.807, 2.05) is 6.92 Å². The van der Waals surface area contributed by atoms with Crippen molar-refractivity contribution in [2.75, 3.05) is 26.2 Å². The van der Waals surface area contributed by atoms with Crippen LogP contribution in [0.5, 0.6) is 0 Å². The van der Waals surface area contributed by atoms with E-state index >= 15 is 0 Å². The Bertz CT molecular complexity index is 507. The minimum atomic E-state index is -0.345. The van der Waals surface area contributed by atoms with Crippen molar-refractivity contribution in [2.24, 2.45) is 0 Å². The zero-order valence-electron chi connectivity index (χ0n) is 12.9. The Morgan fingerprint density at radius 1 is 1.59 bits per heavy atom. The molecular weight excluding hydrogens is 307 g/mol. The van der Waals surface area contributed by atoms with E-state index in [2.05, 4.69) is 10.2 Å². The molecule has 1 aliphatic heterocycles. The highest BCUT2D eigenvalue weighted by atomic mass is 35.5. The summed E-state index contributed by atoms with van der Waals surface area (Å²) in [6, 6.07) is 4.37. The third-order valence-corrected chi connectivity index (χ3v) is 4.19. The van der Waals surface area contributed by atoms with Crippen molar-refractivity contribution >= 4 is 17.5 Å². The number of amides is 1. The molecule has 2 rings (SSSR count). The first-order chi connectivity index (χ1) is 10.5. The minimum Gasteiger partial charge on any atom is -0.376 e. The standard InChI is InChI=1S/C16H22ClFN2O2/c1-3-15(21)19-9-14(20-7-8-22-11(2)10-20)16-12(17)5-4-6-13(16)18/h4-6,11,14H,3,7-10H2,1-2H3,(H,19,21). The summed E-state index contributed by atoms with van der Waals surface area (Å²) in [6.07, 6.45) is 0.473. The Kier molecular flexibility index (Phi) is 6.17. The van der Waals surface area contributed by atoms with Crippen LogP contribution < -0.4 is 5.32 Å². The van der Waals surface area contributed by atoms with E-state index in [9.17, 15) is 9.18 Å². The number of carbonyl (C=O) groups excluding carboxylic acids is 1. The van der Waals surface area contributed by atoms with Gasteiger partial charge in [0.2, 0.25) is 5.91 Å². The van der Waals surface area contributed by atoms with Crippen LogP contribution in [0.1, 0.15) is 31.9 Å². The Morgan fingerprint density at radius 3 is 3.00 bits per heavy atom. The van der Waals surface area contributed by atoms with Crippen LogP contribution in [0.4, 0.5) is 4.39 Å². The smallest absolute Gasteiger partial charge is 0.219 e. The molecular formula is C16H22ClFN2O2. The summed E-state index contributed by atoms with van der Waals surface area (Å²) >= 11 is 6.22. The highest BCUT2D eigenvalue weighted by molar-refractivity contribution is 6.31. The van der Waals surface area contributed by atoms with E-state index in [-0.39, 0.29) is 23.9 Å². The van der Waals surface area contributed by atoms with E-state index in [0.29, 0.717) is 43.2 Å². The van der Waals surface area contributed by atoms with Crippen molar-refractivity contribution < 1.29 is 13.9 Å². The molecule has 1 heterocycles. The van der Waals surface area contributed by atoms with Crippen LogP contribution in [0, 0.1) is 5.82 Å². The molecule has 122 valence electrons. The Hall–Kier alpha value is -1.17. The molecule has 1 aliphatic rings. The number of nitrogens with one attached hydrogen (secondary N) is 1. The van der Waals surface area contributed by atoms with Gasteiger partial charge in [-0.25, -0.2) is 4.39 Å². The number of hydrogen-bond acceptors (Lipinski definition) is 3. The number of ether oxygens (including phenoxy) is 1. The van der Waals surface area contributed by atoms with Crippen LogP contribution in [-0.4, -0.2) is 43.2 Å². The van der Waals surface area contributed by atoms with Gasteiger partial charge in [-0.05, 0) is 19.1 Å². The summed E-state index contributed by atoms with van der Waals surface area (Å²) in [7, 11) is 0. The van der Waals surface area contributed by atoms with Gasteiger partial charge in [0.05, 0.1) is 18.8 Å². The summed E-state index contributed by atoms with van der Waals surface area (Å²) in [5.41, 5.74) is 0.440. The fourth-order valence-corrected chi connectivity index (χ4v) is 3.00. The number of carbonyl (C=O) groups is 1. The molecule has 1 aromatic rings. The first kappa shape index (κ1) is 17.2. The molecule has 4 nitrogen and oxygen atoms in total. The number of hydrogen-bond donors (Lipinski definition) is 1. The molecule has 2 unspecified atom stereocenters. The second-order valence-corrected chi connectivity index (χ2v) is 5.89. The van der Waals surface area contributed by atoms with Crippen molar-refractivity contribution in [3.05, 3.63) is 34.6 Å². The van der Waals surface area contributed by atoms with Crippen LogP contribution in [0.2, 0.25) is 5.02 Å². The highest BCUT2D eigenvalue weighted by Crippen LogP contribution is 2.31. The lowest BCUT2D eigenvalue weighted by Crippen LogP contribution is -2.46. The summed E-state index contributed by atoms with van der Waals surface area (Å²) < 4.78 is 19.8. The van der Waals surface area contributed by atoms with Crippen LogP contribution >= 0.6 is 11.6 Å². The van der Waals surface area contributed by atoms with E-state index in [4.69, 9.17) is 16.3 Å². The van der Waals surface area contributed by atoms with E-state index in [0.717, 1.165) is 0 Å². The lowest BCUT2D eigenvalue weighted by molar-refractivity contribution is -0.121. The second-order valence-electron chi connectivity index (χ2n) is 5.49. The first-order valence-electron chi connectivity index (χ1n) is 7.59. The largest absolute Gasteiger partial charge is 0.376 e. The summed E-state index contributed by atoms with van der Waals surface area (Å²) in [5, 5.41) is 3.23. The quantitative estimate of drug-likeness (QED) is 0.903. The molecule has 6 heteroatoms. The van der Waals surface area contributed by atoms with Crippen LogP contribution in [0.25, 0.3) is 0 Å². The molecule has 22 heavy (non-hydrogen) atoms. The van der Waals surface area contributed by atoms with Crippen molar-refractivity contribution in [2.45, 2.75) is 32.4 Å². The summed E-state index contributed by atoms with van der Waals surface area (Å²) in [4.78, 5) is 13.7. The van der Waals surface area contributed by atoms with Gasteiger partial charge in [-0.3, -0.25) is 9.69 Å². The predicted octanol–water partition coefficient (Wildman–Crippen LogP) is 2.77. The van der Waals surface area contributed by atoms with Crippen molar-refractivity contribution in [3.63, 3.8) is 0 Å². The maximum atomic E-state index is 14.3. The molecule has 0 aromatic heterocycles. The van der Waals surface area contributed by atoms with Gasteiger partial charge in [-0.2, -0.15) is 0 Å². The number of morpholine rings is 1. The van der Waals surface area contributed by atoms with Crippen molar-refractivity contribution in [1.82, 2.24) is 10.2 Å². The van der Waals surface area contributed by atoms with Gasteiger partial charge in [0.25, 0.3) is 0 Å². The van der Waals surface area contributed by atoms with Gasteiger partial charge < -0.3 is 10.1 Å². The number of halogens is 2. The topological polar surface area (TPSA) is 41.6 Å². The van der Waals surface area contributed by atoms with Gasteiger partial charge in [0, 0.05) is 36.6 Å². The second kappa shape index (κ2) is 7.90. The summed E-state index contributed by atoms with van der Waals surface area (Å²) in [5.74, 6) is -0.402. The lowest BCUT2D eigenvalue weighted by Gasteiger charge is -2.38. The van der Waals surface area contributed by atoms with E-state index < -0.39 is 0 Å². The monoisotopic (exact) mass is 328 g/mol. The minimum absolute atomic E-state index is 0.0567. The fraction of sp³-hybridized carbons (Fsp3) is 0.562. The predicted molar refractivity (Wildman–Crippen MR) is 84.4 cm³/mol. The van der Waals surface area contributed by atoms with E-state index in [1.165, 1.54) is 6.07 Å². The van der Waals surface area contributed by atoms with Gasteiger partial charge in [0.15, 0.2) is 0 Å². The normalized spacial score (nSPS) is 20.6. The number of benzene rings is 1. The molecule has 2 atom stereocenters. The molecule has 1 amide bonds. The third-order valence-electron chi connectivity index (χ3n) is 3.86. The fourth-order valence-electron chi connectivity index (χ4n) is 2.71. The maximum absolute atomic E-state index is 14.3. The average Bonchev–Trinajstić information content (AvgIpc) is 2.49. The average molecular weight is 329 g/mol. The van der Waals surface area contributed by atoms with Gasteiger partial charge >= 0.3 is 0 Å². The summed E-state index contributed by atoms with van der Waals surface area (Å²) in [6.45, 7) is 6.05. The Morgan fingerprint density at radius 2 is 2.36 bits per heavy atom. The molecule has 0 bridgehead atoms. The Balaban J connectivity index is 2.26. The molecule has 0 aliphatic carbocycles. The maximum Gasteiger partial charge on any atom is 0.219 e. The van der Waals surface area contributed by atoms with Crippen LogP contribution in [-0.2, 0) is 9.53 Å². The molecule has 0 saturated carbocycles. The first-order valence-corrected chi connectivity index (χ1v) is 7.97. The lowest BCUT2D eigenvalue weighted by atomic mass is 10.0. The zero-order chi connectivity index (χ0) is 16.1. The SMILES string of the molecule is CCC(=O)NCC(c1c(F)cccc1Cl)N1CCOC(C)C1. The highest BCUT2D eigenvalue weighted by Gasteiger charge is 2.29. The zero-order valence-corrected chi connectivity index (χ0v) is 13.7. The molecule has 1 aromatic carbocycles. The van der Waals surface area contributed by atoms with Crippen LogP contribution in [0.3, 0.4) is 0 Å². The molecule has 1 fully saturated rings. The van der Waals surface area contributed by atoms with Gasteiger partial charge in [-0.1, -0.05) is 24.6 Å². The molecule has 0 radical (unpaired) electrons. The molecule has 1 saturated heterocycles. The Labute approximate surface area is 135 Å². The van der Waals surface area contributed by atoms with Crippen molar-refractivity contribution in [1.29, 1.82) is 0 Å². The van der Waals surface area contributed by atoms with Crippen molar-refractivity contribution in [3.8, 4) is 0 Å². The van der Waals surface area contributed by atoms with Crippen LogP contribution in [0.15, 0.2) is 18.2 Å². The third kappa shape index (κ3) is 4.18. The molecule has 1 N–H and O–H groups in total. The number of rotatable bonds is 5. The van der Waals surface area contributed by atoms with Gasteiger partial charge in [0.1, 0.15) is 5.82 Å².